The fraction of sp³-hybridized carbons (Fsp3) is 0.875. The Morgan fingerprint density at radius 2 is 2.00 bits per heavy atom. The van der Waals surface area contributed by atoms with Crippen LogP contribution in [0.5, 0.6) is 0 Å². The van der Waals surface area contributed by atoms with Crippen molar-refractivity contribution in [2.24, 2.45) is 0 Å². The highest BCUT2D eigenvalue weighted by Gasteiger charge is 2.34. The van der Waals surface area contributed by atoms with Gasteiger partial charge in [0.1, 0.15) is 13.2 Å². The summed E-state index contributed by atoms with van der Waals surface area (Å²) in [5.74, 6) is 0. The van der Waals surface area contributed by atoms with Crippen molar-refractivity contribution in [1.29, 1.82) is 0 Å². The number of carbonyl (C=O) groups excluding carboxylic acids is 1. The summed E-state index contributed by atoms with van der Waals surface area (Å²) < 4.78 is 40.5. The highest BCUT2D eigenvalue weighted by Crippen LogP contribution is 2.18. The number of aliphatic hydroxyl groups is 1. The number of carbonyl (C=O) groups is 1. The van der Waals surface area contributed by atoms with Crippen molar-refractivity contribution in [2.75, 3.05) is 19.8 Å². The SMILES string of the molecule is CC(C)N(CC(F)(F)F)C(=O)OCCO. The van der Waals surface area contributed by atoms with Gasteiger partial charge in [0, 0.05) is 6.04 Å². The highest BCUT2D eigenvalue weighted by atomic mass is 19.4. The van der Waals surface area contributed by atoms with E-state index in [9.17, 15) is 18.0 Å². The van der Waals surface area contributed by atoms with Gasteiger partial charge in [0.15, 0.2) is 0 Å². The standard InChI is InChI=1S/C8H14F3NO3/c1-6(2)12(5-8(9,10)11)7(14)15-4-3-13/h6,13H,3-5H2,1-2H3. The lowest BCUT2D eigenvalue weighted by atomic mass is 10.3. The summed E-state index contributed by atoms with van der Waals surface area (Å²) in [6.45, 7) is 0.830. The lowest BCUT2D eigenvalue weighted by Gasteiger charge is -2.26. The zero-order valence-corrected chi connectivity index (χ0v) is 8.54. The minimum atomic E-state index is -4.46. The molecular formula is C8H14F3NO3. The Bertz CT molecular complexity index is 206. The molecule has 0 aromatic heterocycles. The van der Waals surface area contributed by atoms with Crippen LogP contribution in [0.15, 0.2) is 0 Å². The zero-order chi connectivity index (χ0) is 12.1. The van der Waals surface area contributed by atoms with Gasteiger partial charge < -0.3 is 9.84 Å². The maximum Gasteiger partial charge on any atom is 0.410 e. The number of hydrogen-bond acceptors (Lipinski definition) is 3. The summed E-state index contributed by atoms with van der Waals surface area (Å²) in [7, 11) is 0. The monoisotopic (exact) mass is 229 g/mol. The summed E-state index contributed by atoms with van der Waals surface area (Å²) in [6.07, 6.45) is -5.53. The molecule has 0 saturated carbocycles. The van der Waals surface area contributed by atoms with Gasteiger partial charge in [-0.2, -0.15) is 13.2 Å². The lowest BCUT2D eigenvalue weighted by molar-refractivity contribution is -0.145. The molecule has 0 heterocycles. The second kappa shape index (κ2) is 5.79. The van der Waals surface area contributed by atoms with E-state index in [0.29, 0.717) is 4.90 Å². The summed E-state index contributed by atoms with van der Waals surface area (Å²) in [4.78, 5) is 11.7. The van der Waals surface area contributed by atoms with Crippen molar-refractivity contribution >= 4 is 6.09 Å². The number of amides is 1. The van der Waals surface area contributed by atoms with Crippen LogP contribution >= 0.6 is 0 Å². The van der Waals surface area contributed by atoms with E-state index in [4.69, 9.17) is 5.11 Å². The Kier molecular flexibility index (Phi) is 5.41. The number of hydrogen-bond donors (Lipinski definition) is 1. The van der Waals surface area contributed by atoms with Gasteiger partial charge in [-0.15, -0.1) is 0 Å². The third kappa shape index (κ3) is 6.16. The molecule has 4 nitrogen and oxygen atoms in total. The van der Waals surface area contributed by atoms with Crippen LogP contribution in [0, 0.1) is 0 Å². The number of aliphatic hydroxyl groups excluding tert-OH is 1. The Morgan fingerprint density at radius 1 is 1.47 bits per heavy atom. The van der Waals surface area contributed by atoms with Crippen molar-refractivity contribution in [1.82, 2.24) is 4.90 Å². The molecule has 0 aliphatic carbocycles. The Hall–Kier alpha value is -0.980. The highest BCUT2D eigenvalue weighted by molar-refractivity contribution is 5.68. The van der Waals surface area contributed by atoms with Gasteiger partial charge in [0.2, 0.25) is 0 Å². The first-order valence-corrected chi connectivity index (χ1v) is 4.39. The Morgan fingerprint density at radius 3 is 2.33 bits per heavy atom. The van der Waals surface area contributed by atoms with E-state index in [1.807, 2.05) is 0 Å². The first-order valence-electron chi connectivity index (χ1n) is 4.39. The number of rotatable bonds is 4. The normalized spacial score (nSPS) is 11.7. The van der Waals surface area contributed by atoms with Gasteiger partial charge in [-0.25, -0.2) is 4.79 Å². The Balaban J connectivity index is 4.33. The topological polar surface area (TPSA) is 49.8 Å². The quantitative estimate of drug-likeness (QED) is 0.792. The summed E-state index contributed by atoms with van der Waals surface area (Å²) in [5.41, 5.74) is 0. The Labute approximate surface area is 85.6 Å². The van der Waals surface area contributed by atoms with Crippen LogP contribution in [0.25, 0.3) is 0 Å². The molecule has 90 valence electrons. The van der Waals surface area contributed by atoms with E-state index in [-0.39, 0.29) is 6.61 Å². The van der Waals surface area contributed by atoms with Crippen molar-refractivity contribution in [3.05, 3.63) is 0 Å². The molecule has 0 aromatic carbocycles. The third-order valence-electron chi connectivity index (χ3n) is 1.52. The third-order valence-corrected chi connectivity index (χ3v) is 1.52. The average molecular weight is 229 g/mol. The molecule has 0 aliphatic rings. The van der Waals surface area contributed by atoms with Crippen LogP contribution in [0.2, 0.25) is 0 Å². The molecule has 1 amide bonds. The van der Waals surface area contributed by atoms with E-state index >= 15 is 0 Å². The molecule has 1 N–H and O–H groups in total. The van der Waals surface area contributed by atoms with Gasteiger partial charge in [-0.3, -0.25) is 4.90 Å². The number of alkyl halides is 3. The van der Waals surface area contributed by atoms with Crippen LogP contribution in [0.1, 0.15) is 13.8 Å². The molecule has 15 heavy (non-hydrogen) atoms. The van der Waals surface area contributed by atoms with Crippen molar-refractivity contribution < 1.29 is 27.8 Å². The van der Waals surface area contributed by atoms with Gasteiger partial charge in [0.25, 0.3) is 0 Å². The first kappa shape index (κ1) is 14.0. The van der Waals surface area contributed by atoms with Crippen molar-refractivity contribution in [3.8, 4) is 0 Å². The van der Waals surface area contributed by atoms with E-state index < -0.39 is 31.5 Å². The largest absolute Gasteiger partial charge is 0.447 e. The maximum atomic E-state index is 12.0. The van der Waals surface area contributed by atoms with E-state index in [0.717, 1.165) is 0 Å². The fourth-order valence-electron chi connectivity index (χ4n) is 0.867. The zero-order valence-electron chi connectivity index (χ0n) is 8.54. The molecule has 0 unspecified atom stereocenters. The maximum absolute atomic E-state index is 12.0. The predicted octanol–water partition coefficient (Wildman–Crippen LogP) is 1.39. The van der Waals surface area contributed by atoms with Crippen LogP contribution < -0.4 is 0 Å². The van der Waals surface area contributed by atoms with Crippen LogP contribution in [-0.4, -0.2) is 48.1 Å². The first-order chi connectivity index (χ1) is 6.78. The molecule has 0 fully saturated rings. The molecule has 0 bridgehead atoms. The van der Waals surface area contributed by atoms with Gasteiger partial charge in [-0.1, -0.05) is 0 Å². The predicted molar refractivity (Wildman–Crippen MR) is 46.3 cm³/mol. The van der Waals surface area contributed by atoms with Crippen molar-refractivity contribution in [3.63, 3.8) is 0 Å². The number of halogens is 3. The molecule has 0 saturated heterocycles. The van der Waals surface area contributed by atoms with Gasteiger partial charge in [0.05, 0.1) is 6.61 Å². The number of nitrogens with zero attached hydrogens (tertiary/aromatic N) is 1. The minimum absolute atomic E-state index is 0.306. The molecule has 0 spiro atoms. The molecule has 0 radical (unpaired) electrons. The van der Waals surface area contributed by atoms with Gasteiger partial charge >= 0.3 is 12.3 Å². The molecule has 0 rings (SSSR count). The minimum Gasteiger partial charge on any atom is -0.447 e. The summed E-state index contributed by atoms with van der Waals surface area (Å²) in [5, 5.41) is 8.35. The smallest absolute Gasteiger partial charge is 0.410 e. The van der Waals surface area contributed by atoms with E-state index in [1.165, 1.54) is 13.8 Å². The van der Waals surface area contributed by atoms with E-state index in [1.54, 1.807) is 0 Å². The fourth-order valence-corrected chi connectivity index (χ4v) is 0.867. The average Bonchev–Trinajstić information content (AvgIpc) is 2.08. The summed E-state index contributed by atoms with van der Waals surface area (Å²) >= 11 is 0. The second-order valence-corrected chi connectivity index (χ2v) is 3.17. The summed E-state index contributed by atoms with van der Waals surface area (Å²) in [6, 6.07) is -0.613. The van der Waals surface area contributed by atoms with Gasteiger partial charge in [-0.05, 0) is 13.8 Å². The van der Waals surface area contributed by atoms with Crippen LogP contribution in [-0.2, 0) is 4.74 Å². The lowest BCUT2D eigenvalue weighted by Crippen LogP contribution is -2.43. The molecule has 0 atom stereocenters. The van der Waals surface area contributed by atoms with E-state index in [2.05, 4.69) is 4.74 Å². The van der Waals surface area contributed by atoms with Crippen molar-refractivity contribution in [2.45, 2.75) is 26.1 Å². The van der Waals surface area contributed by atoms with Crippen LogP contribution in [0.4, 0.5) is 18.0 Å². The van der Waals surface area contributed by atoms with Crippen LogP contribution in [0.3, 0.4) is 0 Å². The molecule has 7 heteroatoms. The molecule has 0 aromatic rings. The second-order valence-electron chi connectivity index (χ2n) is 3.17. The number of ether oxygens (including phenoxy) is 1. The molecule has 0 aliphatic heterocycles. The molecular weight excluding hydrogens is 215 g/mol.